The van der Waals surface area contributed by atoms with Gasteiger partial charge in [-0.1, -0.05) is 34.1 Å². The first-order valence-corrected chi connectivity index (χ1v) is 7.74. The average molecular weight is 328 g/mol. The maximum Gasteiger partial charge on any atom is 0.0999 e. The number of hydrogen-bond acceptors (Lipinski definition) is 1. The molecule has 3 heteroatoms. The fourth-order valence-electron chi connectivity index (χ4n) is 2.58. The third-order valence-corrected chi connectivity index (χ3v) is 4.71. The van der Waals surface area contributed by atoms with Gasteiger partial charge in [0.15, 0.2) is 0 Å². The van der Waals surface area contributed by atoms with E-state index in [-0.39, 0.29) is 0 Å². The van der Waals surface area contributed by atoms with E-state index in [0.717, 1.165) is 4.47 Å². The van der Waals surface area contributed by atoms with Crippen molar-refractivity contribution in [1.82, 2.24) is 4.57 Å². The van der Waals surface area contributed by atoms with Gasteiger partial charge in [-0.05, 0) is 41.8 Å². The zero-order chi connectivity index (χ0) is 12.8. The molecule has 19 heavy (non-hydrogen) atoms. The number of halogens is 1. The molecule has 0 unspecified atom stereocenters. The molecular weight excluding hydrogens is 318 g/mol. The van der Waals surface area contributed by atoms with E-state index in [9.17, 15) is 0 Å². The lowest BCUT2D eigenvalue weighted by Gasteiger charge is -2.03. The summed E-state index contributed by atoms with van der Waals surface area (Å²) < 4.78 is 3.45. The smallest absolute Gasteiger partial charge is 0.0999 e. The van der Waals surface area contributed by atoms with Crippen LogP contribution in [-0.4, -0.2) is 4.57 Å². The molecule has 0 aliphatic carbocycles. The van der Waals surface area contributed by atoms with Crippen molar-refractivity contribution >= 4 is 49.1 Å². The van der Waals surface area contributed by atoms with Crippen LogP contribution in [-0.2, 0) is 0 Å². The lowest BCUT2D eigenvalue weighted by Crippen LogP contribution is -1.89. The van der Waals surface area contributed by atoms with E-state index in [1.54, 1.807) is 11.3 Å². The largest absolute Gasteiger partial charge is 0.301 e. The molecule has 0 spiro atoms. The first kappa shape index (κ1) is 11.3. The number of aromatic nitrogens is 1. The van der Waals surface area contributed by atoms with Gasteiger partial charge in [0.2, 0.25) is 0 Å². The lowest BCUT2D eigenvalue weighted by atomic mass is 10.2. The van der Waals surface area contributed by atoms with Crippen LogP contribution in [0, 0.1) is 0 Å². The molecule has 0 amide bonds. The number of fused-ring (bicyclic) bond motifs is 3. The molecule has 0 atom stereocenters. The van der Waals surface area contributed by atoms with E-state index >= 15 is 0 Å². The SMILES string of the molecule is Brc1ccc2c(c1)c1ccccc1n2-c1cccs1. The average Bonchev–Trinajstić information content (AvgIpc) is 3.04. The molecule has 2 aromatic heterocycles. The molecule has 0 aliphatic heterocycles. The molecule has 4 rings (SSSR count). The molecule has 1 nitrogen and oxygen atoms in total. The maximum atomic E-state index is 3.57. The van der Waals surface area contributed by atoms with Gasteiger partial charge in [-0.3, -0.25) is 0 Å². The number of hydrogen-bond donors (Lipinski definition) is 0. The van der Waals surface area contributed by atoms with Crippen LogP contribution >= 0.6 is 27.3 Å². The predicted molar refractivity (Wildman–Crippen MR) is 86.4 cm³/mol. The minimum absolute atomic E-state index is 1.12. The van der Waals surface area contributed by atoms with Crippen LogP contribution in [0.3, 0.4) is 0 Å². The van der Waals surface area contributed by atoms with Crippen LogP contribution in [0.5, 0.6) is 0 Å². The van der Waals surface area contributed by atoms with E-state index in [1.165, 1.54) is 26.8 Å². The molecule has 0 saturated heterocycles. The number of rotatable bonds is 1. The Balaban J connectivity index is 2.26. The van der Waals surface area contributed by atoms with Crippen LogP contribution in [0.4, 0.5) is 0 Å². The molecule has 0 aliphatic rings. The van der Waals surface area contributed by atoms with Crippen LogP contribution < -0.4 is 0 Å². The van der Waals surface area contributed by atoms with Gasteiger partial charge in [0.1, 0.15) is 0 Å². The third kappa shape index (κ3) is 1.66. The van der Waals surface area contributed by atoms with Crippen LogP contribution in [0.2, 0.25) is 0 Å². The minimum atomic E-state index is 1.12. The Bertz CT molecular complexity index is 874. The van der Waals surface area contributed by atoms with Crippen LogP contribution in [0.25, 0.3) is 26.8 Å². The maximum absolute atomic E-state index is 3.57. The van der Waals surface area contributed by atoms with Gasteiger partial charge < -0.3 is 4.57 Å². The first-order valence-electron chi connectivity index (χ1n) is 6.07. The minimum Gasteiger partial charge on any atom is -0.301 e. The number of thiophene rings is 1. The summed E-state index contributed by atoms with van der Waals surface area (Å²) in [7, 11) is 0. The summed E-state index contributed by atoms with van der Waals surface area (Å²) in [5, 5.41) is 5.97. The molecular formula is C16H10BrNS. The highest BCUT2D eigenvalue weighted by atomic mass is 79.9. The first-order chi connectivity index (χ1) is 9.34. The highest BCUT2D eigenvalue weighted by Crippen LogP contribution is 2.34. The van der Waals surface area contributed by atoms with Crippen molar-refractivity contribution in [2.24, 2.45) is 0 Å². The van der Waals surface area contributed by atoms with Crippen molar-refractivity contribution in [3.63, 3.8) is 0 Å². The van der Waals surface area contributed by atoms with Crippen molar-refractivity contribution in [3.05, 3.63) is 64.5 Å². The summed E-state index contributed by atoms with van der Waals surface area (Å²) >= 11 is 5.34. The van der Waals surface area contributed by atoms with E-state index in [4.69, 9.17) is 0 Å². The van der Waals surface area contributed by atoms with Gasteiger partial charge in [-0.15, -0.1) is 11.3 Å². The van der Waals surface area contributed by atoms with Crippen molar-refractivity contribution in [2.45, 2.75) is 0 Å². The molecule has 92 valence electrons. The molecule has 0 bridgehead atoms. The van der Waals surface area contributed by atoms with Crippen molar-refractivity contribution in [2.75, 3.05) is 0 Å². The second-order valence-electron chi connectivity index (χ2n) is 4.47. The van der Waals surface area contributed by atoms with Crippen LogP contribution in [0.1, 0.15) is 0 Å². The number of benzene rings is 2. The van der Waals surface area contributed by atoms with Gasteiger partial charge in [0.05, 0.1) is 16.0 Å². The second kappa shape index (κ2) is 4.22. The number of para-hydroxylation sites is 1. The highest BCUT2D eigenvalue weighted by Gasteiger charge is 2.12. The molecule has 0 fully saturated rings. The topological polar surface area (TPSA) is 4.93 Å². The van der Waals surface area contributed by atoms with Crippen LogP contribution in [0.15, 0.2) is 64.5 Å². The Kier molecular flexibility index (Phi) is 2.50. The van der Waals surface area contributed by atoms with Gasteiger partial charge in [-0.2, -0.15) is 0 Å². The molecule has 0 N–H and O–H groups in total. The van der Waals surface area contributed by atoms with E-state index in [0.29, 0.717) is 0 Å². The molecule has 4 aromatic rings. The van der Waals surface area contributed by atoms with E-state index in [2.05, 4.69) is 80.5 Å². The zero-order valence-corrected chi connectivity index (χ0v) is 12.4. The Morgan fingerprint density at radius 3 is 2.53 bits per heavy atom. The Hall–Kier alpha value is -1.58. The summed E-state index contributed by atoms with van der Waals surface area (Å²) in [6, 6.07) is 19.3. The molecule has 2 heterocycles. The van der Waals surface area contributed by atoms with E-state index in [1.807, 2.05) is 0 Å². The molecule has 0 radical (unpaired) electrons. The van der Waals surface area contributed by atoms with Gasteiger partial charge in [0, 0.05) is 15.2 Å². The number of nitrogens with zero attached hydrogens (tertiary/aromatic N) is 1. The Labute approximate surface area is 123 Å². The highest BCUT2D eigenvalue weighted by molar-refractivity contribution is 9.10. The normalized spacial score (nSPS) is 11.4. The van der Waals surface area contributed by atoms with Crippen molar-refractivity contribution in [3.8, 4) is 5.00 Å². The second-order valence-corrected chi connectivity index (χ2v) is 6.31. The zero-order valence-electron chi connectivity index (χ0n) is 10.0. The fourth-order valence-corrected chi connectivity index (χ4v) is 3.70. The standard InChI is InChI=1S/C16H10BrNS/c17-11-7-8-15-13(10-11)12-4-1-2-5-14(12)18(15)16-6-3-9-19-16/h1-10H. The summed E-state index contributed by atoms with van der Waals surface area (Å²) in [6.07, 6.45) is 0. The predicted octanol–water partition coefficient (Wildman–Crippen LogP) is 5.61. The summed E-state index contributed by atoms with van der Waals surface area (Å²) in [6.45, 7) is 0. The quantitative estimate of drug-likeness (QED) is 0.428. The summed E-state index contributed by atoms with van der Waals surface area (Å²) in [5.41, 5.74) is 2.52. The van der Waals surface area contributed by atoms with E-state index < -0.39 is 0 Å². The van der Waals surface area contributed by atoms with Gasteiger partial charge in [0.25, 0.3) is 0 Å². The Morgan fingerprint density at radius 2 is 1.68 bits per heavy atom. The summed E-state index contributed by atoms with van der Waals surface area (Å²) in [5.74, 6) is 0. The monoisotopic (exact) mass is 327 g/mol. The fraction of sp³-hybridized carbons (Fsp3) is 0. The van der Waals surface area contributed by atoms with Gasteiger partial charge >= 0.3 is 0 Å². The third-order valence-electron chi connectivity index (χ3n) is 3.36. The molecule has 2 aromatic carbocycles. The molecule has 0 saturated carbocycles. The Morgan fingerprint density at radius 1 is 0.842 bits per heavy atom. The summed E-state index contributed by atoms with van der Waals surface area (Å²) in [4.78, 5) is 0. The van der Waals surface area contributed by atoms with Crippen molar-refractivity contribution < 1.29 is 0 Å². The lowest BCUT2D eigenvalue weighted by molar-refractivity contribution is 1.22. The van der Waals surface area contributed by atoms with Crippen molar-refractivity contribution in [1.29, 1.82) is 0 Å². The van der Waals surface area contributed by atoms with Gasteiger partial charge in [-0.25, -0.2) is 0 Å².